The molecular formula is C10H13BrO. The van der Waals surface area contributed by atoms with Crippen LogP contribution in [0, 0.1) is 17.8 Å². The van der Waals surface area contributed by atoms with Crippen molar-refractivity contribution in [3.8, 4) is 0 Å². The highest BCUT2D eigenvalue weighted by atomic mass is 79.9. The molecule has 66 valence electrons. The van der Waals surface area contributed by atoms with E-state index in [4.69, 9.17) is 0 Å². The first-order valence-electron chi connectivity index (χ1n) is 4.89. The molecule has 4 aliphatic rings. The monoisotopic (exact) mass is 228 g/mol. The van der Waals surface area contributed by atoms with Gasteiger partial charge in [-0.1, -0.05) is 15.9 Å². The summed E-state index contributed by atoms with van der Waals surface area (Å²) < 4.78 is 0.372. The number of alkyl halides is 1. The molecule has 0 aromatic carbocycles. The molecule has 4 rings (SSSR count). The molecule has 0 aliphatic heterocycles. The zero-order valence-corrected chi connectivity index (χ0v) is 8.64. The predicted octanol–water partition coefficient (Wildman–Crippen LogP) is 2.53. The van der Waals surface area contributed by atoms with Crippen LogP contribution >= 0.6 is 15.9 Å². The van der Waals surface area contributed by atoms with Gasteiger partial charge in [-0.15, -0.1) is 0 Å². The number of carbonyl (C=O) groups is 1. The maximum Gasteiger partial charge on any atom is 0.139 e. The van der Waals surface area contributed by atoms with E-state index in [0.717, 1.165) is 18.8 Å². The molecule has 0 spiro atoms. The zero-order valence-electron chi connectivity index (χ0n) is 7.05. The van der Waals surface area contributed by atoms with Crippen molar-refractivity contribution >= 4 is 21.7 Å². The fraction of sp³-hybridized carbons (Fsp3) is 0.900. The Morgan fingerprint density at radius 3 is 2.25 bits per heavy atom. The van der Waals surface area contributed by atoms with E-state index in [1.54, 1.807) is 0 Å². The van der Waals surface area contributed by atoms with Crippen molar-refractivity contribution in [2.75, 3.05) is 0 Å². The minimum atomic E-state index is 0.372. The lowest BCUT2D eigenvalue weighted by molar-refractivity contribution is -0.138. The van der Waals surface area contributed by atoms with Crippen LogP contribution in [0.1, 0.15) is 32.1 Å². The van der Waals surface area contributed by atoms with Crippen LogP contribution in [0.15, 0.2) is 0 Å². The Morgan fingerprint density at radius 1 is 1.17 bits per heavy atom. The molecule has 0 heterocycles. The smallest absolute Gasteiger partial charge is 0.139 e. The molecule has 0 aromatic rings. The van der Waals surface area contributed by atoms with E-state index in [1.165, 1.54) is 19.3 Å². The Hall–Kier alpha value is 0.150. The van der Waals surface area contributed by atoms with E-state index in [-0.39, 0.29) is 0 Å². The van der Waals surface area contributed by atoms with Crippen LogP contribution in [0.25, 0.3) is 0 Å². The fourth-order valence-electron chi connectivity index (χ4n) is 3.65. The van der Waals surface area contributed by atoms with E-state index >= 15 is 0 Å². The van der Waals surface area contributed by atoms with Crippen molar-refractivity contribution in [3.63, 3.8) is 0 Å². The number of carbonyl (C=O) groups excluding carboxylic acids is 1. The zero-order chi connectivity index (χ0) is 8.34. The largest absolute Gasteiger partial charge is 0.299 e. The molecular weight excluding hydrogens is 216 g/mol. The predicted molar refractivity (Wildman–Crippen MR) is 50.2 cm³/mol. The topological polar surface area (TPSA) is 17.1 Å². The van der Waals surface area contributed by atoms with Crippen molar-refractivity contribution in [1.29, 1.82) is 0 Å². The van der Waals surface area contributed by atoms with Gasteiger partial charge in [0.05, 0.1) is 0 Å². The van der Waals surface area contributed by atoms with Gasteiger partial charge in [0.25, 0.3) is 0 Å². The number of hydrogen-bond acceptors (Lipinski definition) is 1. The summed E-state index contributed by atoms with van der Waals surface area (Å²) in [5.74, 6) is 2.30. The lowest BCUT2D eigenvalue weighted by Crippen LogP contribution is -2.52. The first kappa shape index (κ1) is 7.54. The lowest BCUT2D eigenvalue weighted by atomic mass is 9.55. The second-order valence-electron chi connectivity index (χ2n) is 4.90. The van der Waals surface area contributed by atoms with Crippen LogP contribution in [-0.4, -0.2) is 10.1 Å². The summed E-state index contributed by atoms with van der Waals surface area (Å²) in [5.41, 5.74) is 0. The Bertz CT molecular complexity index is 230. The van der Waals surface area contributed by atoms with Crippen LogP contribution < -0.4 is 0 Å². The first-order chi connectivity index (χ1) is 5.66. The molecule has 0 radical (unpaired) electrons. The molecule has 4 saturated carbocycles. The van der Waals surface area contributed by atoms with Crippen LogP contribution in [0.3, 0.4) is 0 Å². The van der Waals surface area contributed by atoms with Gasteiger partial charge in [0.15, 0.2) is 0 Å². The summed E-state index contributed by atoms with van der Waals surface area (Å²) >= 11 is 3.83. The van der Waals surface area contributed by atoms with Gasteiger partial charge in [-0.05, 0) is 38.0 Å². The molecule has 4 bridgehead atoms. The fourth-order valence-corrected chi connectivity index (χ4v) is 4.89. The Balaban J connectivity index is 2.00. The number of rotatable bonds is 0. The average molecular weight is 229 g/mol. The van der Waals surface area contributed by atoms with Gasteiger partial charge in [-0.2, -0.15) is 0 Å². The standard InChI is InChI=1S/C10H13BrO/c11-10-3-6-1-7(4-10)9(12)8(2-6)5-10/h6-8H,1-5H2/t6?,7-,8-,10?/m1/s1. The minimum absolute atomic E-state index is 0.372. The second-order valence-corrected chi connectivity index (χ2v) is 6.58. The average Bonchev–Trinajstić information content (AvgIpc) is 1.96. The van der Waals surface area contributed by atoms with Gasteiger partial charge in [0.2, 0.25) is 0 Å². The highest BCUT2D eigenvalue weighted by Crippen LogP contribution is 2.57. The van der Waals surface area contributed by atoms with Gasteiger partial charge >= 0.3 is 0 Å². The van der Waals surface area contributed by atoms with Crippen LogP contribution in [0.2, 0.25) is 0 Å². The van der Waals surface area contributed by atoms with E-state index in [2.05, 4.69) is 15.9 Å². The van der Waals surface area contributed by atoms with Gasteiger partial charge in [-0.25, -0.2) is 0 Å². The highest BCUT2D eigenvalue weighted by molar-refractivity contribution is 9.10. The van der Waals surface area contributed by atoms with Crippen molar-refractivity contribution in [2.45, 2.75) is 36.4 Å². The molecule has 2 heteroatoms. The van der Waals surface area contributed by atoms with Crippen LogP contribution in [-0.2, 0) is 4.79 Å². The molecule has 2 atom stereocenters. The third kappa shape index (κ3) is 0.876. The second kappa shape index (κ2) is 2.14. The van der Waals surface area contributed by atoms with Crippen molar-refractivity contribution in [1.82, 2.24) is 0 Å². The molecule has 12 heavy (non-hydrogen) atoms. The van der Waals surface area contributed by atoms with Gasteiger partial charge < -0.3 is 0 Å². The third-order valence-corrected chi connectivity index (χ3v) is 4.89. The summed E-state index contributed by atoms with van der Waals surface area (Å²) in [5, 5.41) is 0. The molecule has 4 aliphatic carbocycles. The summed E-state index contributed by atoms with van der Waals surface area (Å²) in [4.78, 5) is 11.7. The molecule has 0 saturated heterocycles. The van der Waals surface area contributed by atoms with Crippen molar-refractivity contribution in [2.24, 2.45) is 17.8 Å². The van der Waals surface area contributed by atoms with E-state index in [0.29, 0.717) is 21.9 Å². The molecule has 0 N–H and O–H groups in total. The first-order valence-corrected chi connectivity index (χ1v) is 5.68. The van der Waals surface area contributed by atoms with Crippen LogP contribution in [0.4, 0.5) is 0 Å². The summed E-state index contributed by atoms with van der Waals surface area (Å²) in [6.07, 6.45) is 5.97. The molecule has 1 nitrogen and oxygen atoms in total. The quantitative estimate of drug-likeness (QED) is 0.583. The van der Waals surface area contributed by atoms with E-state index in [1.807, 2.05) is 0 Å². The molecule has 4 fully saturated rings. The van der Waals surface area contributed by atoms with Gasteiger partial charge in [0, 0.05) is 16.2 Å². The summed E-state index contributed by atoms with van der Waals surface area (Å²) in [6, 6.07) is 0. The maximum absolute atomic E-state index is 11.7. The molecule has 0 unspecified atom stereocenters. The lowest BCUT2D eigenvalue weighted by Gasteiger charge is -2.53. The van der Waals surface area contributed by atoms with Crippen molar-refractivity contribution in [3.05, 3.63) is 0 Å². The number of ketones is 1. The Labute approximate surface area is 81.0 Å². The highest BCUT2D eigenvalue weighted by Gasteiger charge is 2.53. The van der Waals surface area contributed by atoms with Crippen LogP contribution in [0.5, 0.6) is 0 Å². The molecule has 0 amide bonds. The normalized spacial score (nSPS) is 56.4. The number of hydrogen-bond donors (Lipinski definition) is 0. The SMILES string of the molecule is O=C1[C@@H]2CC3C[C@@H]1CC(Br)(C3)C2. The van der Waals surface area contributed by atoms with Gasteiger partial charge in [0.1, 0.15) is 5.78 Å². The summed E-state index contributed by atoms with van der Waals surface area (Å²) in [6.45, 7) is 0. The number of Topliss-reactive ketones (excluding diaryl/α,β-unsaturated/α-hetero) is 1. The Morgan fingerprint density at radius 2 is 1.75 bits per heavy atom. The Kier molecular flexibility index (Phi) is 1.35. The third-order valence-electron chi connectivity index (χ3n) is 3.92. The van der Waals surface area contributed by atoms with Gasteiger partial charge in [-0.3, -0.25) is 4.79 Å². The minimum Gasteiger partial charge on any atom is -0.299 e. The van der Waals surface area contributed by atoms with Crippen molar-refractivity contribution < 1.29 is 4.79 Å². The summed E-state index contributed by atoms with van der Waals surface area (Å²) in [7, 11) is 0. The number of halogens is 1. The molecule has 0 aromatic heterocycles. The van der Waals surface area contributed by atoms with E-state index < -0.39 is 0 Å². The van der Waals surface area contributed by atoms with E-state index in [9.17, 15) is 4.79 Å². The maximum atomic E-state index is 11.7.